The number of halogens is 4. The van der Waals surface area contributed by atoms with Crippen LogP contribution in [-0.4, -0.2) is 60.6 Å². The van der Waals surface area contributed by atoms with Gasteiger partial charge in [-0.2, -0.15) is 0 Å². The summed E-state index contributed by atoms with van der Waals surface area (Å²) in [7, 11) is 4.23. The first-order chi connectivity index (χ1) is 25.4. The van der Waals surface area contributed by atoms with Gasteiger partial charge in [0.2, 0.25) is 11.8 Å². The number of anilines is 2. The number of carbonyl (C=O) groups excluding carboxylic acids is 1. The summed E-state index contributed by atoms with van der Waals surface area (Å²) in [6, 6.07) is 12.8. The fraction of sp³-hybridized carbons (Fsp3) is 0.351. The minimum absolute atomic E-state index is 0.120. The highest BCUT2D eigenvalue weighted by Crippen LogP contribution is 2.47. The van der Waals surface area contributed by atoms with E-state index < -0.39 is 23.5 Å². The summed E-state index contributed by atoms with van der Waals surface area (Å²) >= 11 is 14.1. The zero-order valence-corrected chi connectivity index (χ0v) is 30.5. The maximum absolute atomic E-state index is 13.9. The third kappa shape index (κ3) is 5.83. The van der Waals surface area contributed by atoms with Crippen molar-refractivity contribution in [1.82, 2.24) is 34.3 Å². The first kappa shape index (κ1) is 35.1. The largest absolute Gasteiger partial charge is 0.481 e. The SMILES string of the molecule is COc1nc(-c2cccc(-c3cccc(Nc4nc(C(F)F)nc5c4c(=O)n(C)c(=O)n5C)c3Cl)c2Cl)cc2c1[C@H](N1CC[C@@]3(CCC(=O)N3)C1)CC2. The Hall–Kier alpha value is -4.92. The third-order valence-electron chi connectivity index (χ3n) is 10.7. The van der Waals surface area contributed by atoms with Gasteiger partial charge in [0, 0.05) is 61.9 Å². The molecule has 8 rings (SSSR count). The Bertz CT molecular complexity index is 2470. The number of amides is 1. The molecule has 16 heteroatoms. The van der Waals surface area contributed by atoms with Gasteiger partial charge in [0.1, 0.15) is 11.2 Å². The molecule has 2 N–H and O–H groups in total. The predicted octanol–water partition coefficient (Wildman–Crippen LogP) is 6.09. The molecule has 0 unspecified atom stereocenters. The van der Waals surface area contributed by atoms with Crippen molar-refractivity contribution in [1.29, 1.82) is 0 Å². The van der Waals surface area contributed by atoms with Crippen LogP contribution in [0.5, 0.6) is 5.88 Å². The number of ether oxygens (including phenoxy) is 1. The Labute approximate surface area is 311 Å². The maximum Gasteiger partial charge on any atom is 0.332 e. The number of aromatic nitrogens is 5. The molecule has 0 saturated carbocycles. The van der Waals surface area contributed by atoms with Gasteiger partial charge in [-0.05, 0) is 43.4 Å². The maximum atomic E-state index is 13.9. The van der Waals surface area contributed by atoms with E-state index in [0.29, 0.717) is 39.7 Å². The molecular formula is C37H34Cl2F2N8O4. The number of nitrogens with one attached hydrogen (secondary N) is 2. The van der Waals surface area contributed by atoms with Gasteiger partial charge in [0.05, 0.1) is 34.1 Å². The van der Waals surface area contributed by atoms with Crippen LogP contribution in [0.25, 0.3) is 33.4 Å². The van der Waals surface area contributed by atoms with Crippen molar-refractivity contribution in [3.8, 4) is 28.3 Å². The van der Waals surface area contributed by atoms with Gasteiger partial charge in [0.25, 0.3) is 12.0 Å². The van der Waals surface area contributed by atoms with E-state index in [1.807, 2.05) is 18.2 Å². The van der Waals surface area contributed by atoms with E-state index >= 15 is 0 Å². The number of likely N-dealkylation sites (tertiary alicyclic amines) is 1. The summed E-state index contributed by atoms with van der Waals surface area (Å²) < 4.78 is 35.6. The summed E-state index contributed by atoms with van der Waals surface area (Å²) in [4.78, 5) is 53.0. The molecule has 53 heavy (non-hydrogen) atoms. The number of methoxy groups -OCH3 is 1. The fourth-order valence-electron chi connectivity index (χ4n) is 8.06. The Balaban J connectivity index is 1.15. The smallest absolute Gasteiger partial charge is 0.332 e. The molecule has 2 atom stereocenters. The summed E-state index contributed by atoms with van der Waals surface area (Å²) in [6.45, 7) is 1.68. The lowest BCUT2D eigenvalue weighted by atomic mass is 9.97. The first-order valence-electron chi connectivity index (χ1n) is 17.1. The number of aryl methyl sites for hydroxylation is 2. The molecule has 2 aliphatic heterocycles. The van der Waals surface area contributed by atoms with Gasteiger partial charge in [-0.15, -0.1) is 0 Å². The first-order valence-corrected chi connectivity index (χ1v) is 17.9. The topological polar surface area (TPSA) is 136 Å². The normalized spacial score (nSPS) is 19.8. The van der Waals surface area contributed by atoms with Crippen LogP contribution in [0, 0.1) is 0 Å². The van der Waals surface area contributed by atoms with Gasteiger partial charge < -0.3 is 15.4 Å². The molecule has 2 fully saturated rings. The predicted molar refractivity (Wildman–Crippen MR) is 197 cm³/mol. The highest BCUT2D eigenvalue weighted by Gasteiger charge is 2.46. The minimum atomic E-state index is -3.08. The highest BCUT2D eigenvalue weighted by molar-refractivity contribution is 6.39. The standard InChI is InChI=1S/C37H34Cl2F2N8O4/c1-47-33-27(35(51)48(2)36(47)52)31(44-32(45-33)30(40)41)42-22-9-5-7-20(29(22)39)19-6-4-8-21(28(19)38)23-16-18-10-11-24(26(18)34(43-23)53-3)49-15-14-37(17-49)13-12-25(50)46-37/h4-9,16,24,30H,10-15,17H2,1-3H3,(H,46,50)(H,42,44,45)/t24-,37+/m1/s1. The number of benzene rings is 2. The number of pyridine rings is 1. The second-order valence-corrected chi connectivity index (χ2v) is 14.5. The third-order valence-corrected chi connectivity index (χ3v) is 11.5. The molecule has 1 aliphatic carbocycles. The van der Waals surface area contributed by atoms with Crippen LogP contribution >= 0.6 is 23.2 Å². The van der Waals surface area contributed by atoms with E-state index in [0.717, 1.165) is 59.0 Å². The average Bonchev–Trinajstić information content (AvgIpc) is 3.87. The van der Waals surface area contributed by atoms with Crippen molar-refractivity contribution in [2.24, 2.45) is 14.1 Å². The summed E-state index contributed by atoms with van der Waals surface area (Å²) in [5, 5.41) is 6.57. The van der Waals surface area contributed by atoms with Crippen LogP contribution in [0.4, 0.5) is 20.3 Å². The number of hydrogen-bond acceptors (Lipinski definition) is 9. The number of hydrogen-bond donors (Lipinski definition) is 2. The molecule has 5 heterocycles. The van der Waals surface area contributed by atoms with Gasteiger partial charge >= 0.3 is 5.69 Å². The van der Waals surface area contributed by atoms with Gasteiger partial charge in [-0.3, -0.25) is 23.6 Å². The average molecular weight is 764 g/mol. The summed E-state index contributed by atoms with van der Waals surface area (Å²) in [6.07, 6.45) is 1.02. The molecule has 2 saturated heterocycles. The monoisotopic (exact) mass is 762 g/mol. The van der Waals surface area contributed by atoms with E-state index in [9.17, 15) is 23.2 Å². The Morgan fingerprint density at radius 3 is 2.42 bits per heavy atom. The Morgan fingerprint density at radius 2 is 1.70 bits per heavy atom. The van der Waals surface area contributed by atoms with Crippen molar-refractivity contribution < 1.29 is 18.3 Å². The number of rotatable bonds is 7. The van der Waals surface area contributed by atoms with Crippen LogP contribution in [0.15, 0.2) is 52.1 Å². The molecule has 12 nitrogen and oxygen atoms in total. The number of fused-ring (bicyclic) bond motifs is 2. The van der Waals surface area contributed by atoms with Gasteiger partial charge in [0.15, 0.2) is 11.5 Å². The van der Waals surface area contributed by atoms with Crippen molar-refractivity contribution >= 4 is 51.6 Å². The van der Waals surface area contributed by atoms with E-state index in [-0.39, 0.29) is 45.0 Å². The molecular weight excluding hydrogens is 729 g/mol. The second-order valence-electron chi connectivity index (χ2n) is 13.8. The molecule has 1 amide bonds. The molecule has 0 bridgehead atoms. The van der Waals surface area contributed by atoms with Crippen LogP contribution in [0.3, 0.4) is 0 Å². The second kappa shape index (κ2) is 13.2. The van der Waals surface area contributed by atoms with E-state index in [1.54, 1.807) is 25.3 Å². The lowest BCUT2D eigenvalue weighted by Crippen LogP contribution is -2.44. The fourth-order valence-corrected chi connectivity index (χ4v) is 8.66. The van der Waals surface area contributed by atoms with Crippen LogP contribution in [0.1, 0.15) is 55.1 Å². The number of alkyl halides is 2. The molecule has 2 aromatic carbocycles. The molecule has 3 aromatic heterocycles. The molecule has 274 valence electrons. The van der Waals surface area contributed by atoms with Crippen LogP contribution < -0.4 is 26.6 Å². The lowest BCUT2D eigenvalue weighted by molar-refractivity contribution is -0.119. The van der Waals surface area contributed by atoms with E-state index in [2.05, 4.69) is 31.6 Å². The van der Waals surface area contributed by atoms with E-state index in [4.69, 9.17) is 32.9 Å². The highest BCUT2D eigenvalue weighted by atomic mass is 35.5. The van der Waals surface area contributed by atoms with Crippen LogP contribution in [-0.2, 0) is 25.3 Å². The lowest BCUT2D eigenvalue weighted by Gasteiger charge is -2.28. The van der Waals surface area contributed by atoms with Gasteiger partial charge in [-0.25, -0.2) is 28.5 Å². The van der Waals surface area contributed by atoms with Crippen molar-refractivity contribution in [2.45, 2.75) is 50.1 Å². The molecule has 1 spiro atoms. The van der Waals surface area contributed by atoms with Crippen LogP contribution in [0.2, 0.25) is 10.0 Å². The summed E-state index contributed by atoms with van der Waals surface area (Å²) in [5.41, 5.74) is 2.95. The molecule has 5 aromatic rings. The zero-order chi connectivity index (χ0) is 37.3. The van der Waals surface area contributed by atoms with Crippen molar-refractivity contribution in [3.63, 3.8) is 0 Å². The van der Waals surface area contributed by atoms with Gasteiger partial charge in [-0.1, -0.05) is 53.5 Å². The Kier molecular flexibility index (Phi) is 8.74. The Morgan fingerprint density at radius 1 is 0.962 bits per heavy atom. The van der Waals surface area contributed by atoms with Crippen molar-refractivity contribution in [2.75, 3.05) is 25.5 Å². The summed E-state index contributed by atoms with van der Waals surface area (Å²) in [5.74, 6) is -0.437. The van der Waals surface area contributed by atoms with Crippen molar-refractivity contribution in [3.05, 3.63) is 90.3 Å². The van der Waals surface area contributed by atoms with E-state index in [1.165, 1.54) is 14.1 Å². The quantitative estimate of drug-likeness (QED) is 0.202. The molecule has 3 aliphatic rings. The number of carbonyl (C=O) groups is 1. The molecule has 0 radical (unpaired) electrons. The zero-order valence-electron chi connectivity index (χ0n) is 29.0. The number of nitrogens with zero attached hydrogens (tertiary/aromatic N) is 6. The minimum Gasteiger partial charge on any atom is -0.481 e.